The first-order chi connectivity index (χ1) is 9.23. The number of piperazine rings is 1. The Morgan fingerprint density at radius 3 is 3.05 bits per heavy atom. The molecule has 0 N–H and O–H groups in total. The largest absolute Gasteiger partial charge is 1.00 e. The van der Waals surface area contributed by atoms with Crippen molar-refractivity contribution in [3.63, 3.8) is 0 Å². The van der Waals surface area contributed by atoms with Crippen LogP contribution in [-0.2, 0) is 0 Å². The third-order valence-corrected chi connectivity index (χ3v) is 4.89. The Balaban J connectivity index is 0.00000121. The normalized spacial score (nSPS) is 28.4. The van der Waals surface area contributed by atoms with E-state index in [0.717, 1.165) is 11.6 Å². The molecule has 1 aromatic carbocycles. The Morgan fingerprint density at radius 1 is 1.25 bits per heavy atom. The third-order valence-electron chi connectivity index (χ3n) is 4.89. The van der Waals surface area contributed by atoms with Gasteiger partial charge < -0.3 is 33.4 Å². The van der Waals surface area contributed by atoms with E-state index in [1.165, 1.54) is 48.2 Å². The van der Waals surface area contributed by atoms with E-state index < -0.39 is 0 Å². The minimum atomic E-state index is 0. The molecule has 3 heterocycles. The van der Waals surface area contributed by atoms with Gasteiger partial charge in [-0.15, -0.1) is 0 Å². The van der Waals surface area contributed by atoms with E-state index >= 15 is 0 Å². The number of fused-ring (bicyclic) bond motifs is 3. The summed E-state index contributed by atoms with van der Waals surface area (Å²) < 4.78 is 1.27. The van der Waals surface area contributed by atoms with Crippen molar-refractivity contribution >= 4 is 16.6 Å². The van der Waals surface area contributed by atoms with Gasteiger partial charge in [-0.1, -0.05) is 6.07 Å². The summed E-state index contributed by atoms with van der Waals surface area (Å²) in [5, 5.41) is 1.25. The first kappa shape index (κ1) is 14.1. The molecule has 2 atom stereocenters. The van der Waals surface area contributed by atoms with Gasteiger partial charge in [0.05, 0.1) is 44.8 Å². The van der Waals surface area contributed by atoms with Crippen LogP contribution in [-0.4, -0.2) is 48.7 Å². The molecule has 0 radical (unpaired) electrons. The highest BCUT2D eigenvalue weighted by molar-refractivity contribution is 5.82. The first-order valence-corrected chi connectivity index (χ1v) is 7.19. The predicted molar refractivity (Wildman–Crippen MR) is 78.3 cm³/mol. The summed E-state index contributed by atoms with van der Waals surface area (Å²) >= 11 is 0. The molecule has 2 aliphatic heterocycles. The fraction of sp³-hybridized carbons (Fsp3) is 0.438. The van der Waals surface area contributed by atoms with Crippen LogP contribution < -0.4 is 28.9 Å². The fourth-order valence-electron chi connectivity index (χ4n) is 3.72. The van der Waals surface area contributed by atoms with E-state index in [2.05, 4.69) is 41.2 Å². The van der Waals surface area contributed by atoms with Crippen LogP contribution in [0.2, 0.25) is 0 Å². The fourth-order valence-corrected chi connectivity index (χ4v) is 3.72. The number of benzene rings is 1. The van der Waals surface area contributed by atoms with Gasteiger partial charge in [0.25, 0.3) is 0 Å². The van der Waals surface area contributed by atoms with Crippen LogP contribution in [0.15, 0.2) is 36.5 Å². The molecule has 0 spiro atoms. The van der Waals surface area contributed by atoms with Crippen LogP contribution in [0.1, 0.15) is 6.42 Å². The number of hydrogen-bond donors (Lipinski definition) is 0. The number of quaternary nitrogens is 1. The van der Waals surface area contributed by atoms with Gasteiger partial charge in [0, 0.05) is 23.7 Å². The van der Waals surface area contributed by atoms with Gasteiger partial charge in [0.2, 0.25) is 0 Å². The lowest BCUT2D eigenvalue weighted by atomic mass is 10.1. The summed E-state index contributed by atoms with van der Waals surface area (Å²) in [5.74, 6) is 0. The first-order valence-electron chi connectivity index (χ1n) is 7.19. The minimum absolute atomic E-state index is 0. The molecular weight excluding hydrogens is 361 g/mol. The second-order valence-electron chi connectivity index (χ2n) is 6.27. The van der Waals surface area contributed by atoms with Crippen LogP contribution in [0.3, 0.4) is 0 Å². The standard InChI is InChI=1S/C16H20N3.HI/c1-19-9-6-15(12-19)18(8-10-19)14-4-5-16-13(11-14)3-2-7-17-16;/h2-5,7,11,15H,6,8-10,12H2,1H3;1H/q+1;/p-1. The predicted octanol–water partition coefficient (Wildman–Crippen LogP) is -0.722. The van der Waals surface area contributed by atoms with Crippen LogP contribution >= 0.6 is 0 Å². The molecule has 2 aliphatic rings. The van der Waals surface area contributed by atoms with E-state index in [1.807, 2.05) is 12.3 Å². The van der Waals surface area contributed by atoms with Crippen molar-refractivity contribution in [1.82, 2.24) is 4.98 Å². The van der Waals surface area contributed by atoms with E-state index in [-0.39, 0.29) is 24.0 Å². The summed E-state index contributed by atoms with van der Waals surface area (Å²) in [6.45, 7) is 5.12. The highest BCUT2D eigenvalue weighted by Crippen LogP contribution is 2.31. The number of likely N-dealkylation sites (N-methyl/N-ethyl adjacent to an activating group) is 1. The quantitative estimate of drug-likeness (QED) is 0.479. The maximum Gasteiger partial charge on any atom is 0.0994 e. The van der Waals surface area contributed by atoms with E-state index in [4.69, 9.17) is 0 Å². The Kier molecular flexibility index (Phi) is 3.62. The monoisotopic (exact) mass is 381 g/mol. The van der Waals surface area contributed by atoms with Gasteiger partial charge in [-0.2, -0.15) is 0 Å². The van der Waals surface area contributed by atoms with Crippen LogP contribution in [0.4, 0.5) is 5.69 Å². The Hall–Kier alpha value is -0.880. The third kappa shape index (κ3) is 2.29. The molecule has 3 nitrogen and oxygen atoms in total. The summed E-state index contributed by atoms with van der Waals surface area (Å²) in [4.78, 5) is 7.01. The molecule has 2 aromatic rings. The molecule has 1 aromatic heterocycles. The van der Waals surface area contributed by atoms with Crippen LogP contribution in [0, 0.1) is 0 Å². The minimum Gasteiger partial charge on any atom is -1.00 e. The number of halogens is 1. The highest BCUT2D eigenvalue weighted by atomic mass is 127. The molecule has 20 heavy (non-hydrogen) atoms. The van der Waals surface area contributed by atoms with E-state index in [9.17, 15) is 0 Å². The van der Waals surface area contributed by atoms with Crippen molar-refractivity contribution in [3.8, 4) is 0 Å². The maximum absolute atomic E-state index is 4.40. The second-order valence-corrected chi connectivity index (χ2v) is 6.27. The smallest absolute Gasteiger partial charge is 0.0994 e. The van der Waals surface area contributed by atoms with E-state index in [1.54, 1.807) is 0 Å². The zero-order valence-electron chi connectivity index (χ0n) is 11.8. The zero-order valence-corrected chi connectivity index (χ0v) is 14.0. The highest BCUT2D eigenvalue weighted by Gasteiger charge is 2.42. The molecular formula is C16H20IN3. The number of hydrogen-bond acceptors (Lipinski definition) is 2. The van der Waals surface area contributed by atoms with Crippen molar-refractivity contribution in [2.45, 2.75) is 12.5 Å². The molecule has 106 valence electrons. The van der Waals surface area contributed by atoms with Crippen LogP contribution in [0.5, 0.6) is 0 Å². The summed E-state index contributed by atoms with van der Waals surface area (Å²) in [6.07, 6.45) is 3.20. The Bertz CT molecular complexity index is 630. The molecule has 2 unspecified atom stereocenters. The molecule has 4 rings (SSSR count). The lowest BCUT2D eigenvalue weighted by molar-refractivity contribution is -0.899. The van der Waals surface area contributed by atoms with Gasteiger partial charge in [0.15, 0.2) is 0 Å². The van der Waals surface area contributed by atoms with Crippen molar-refractivity contribution in [2.75, 3.05) is 38.1 Å². The Labute approximate surface area is 137 Å². The van der Waals surface area contributed by atoms with Crippen molar-refractivity contribution in [3.05, 3.63) is 36.5 Å². The SMILES string of the molecule is C[N+]12CCC(C1)N(c1ccc3ncccc3c1)CC2.[I-]. The summed E-state index contributed by atoms with van der Waals surface area (Å²) in [7, 11) is 2.40. The van der Waals surface area contributed by atoms with Gasteiger partial charge in [-0.05, 0) is 24.3 Å². The number of aromatic nitrogens is 1. The van der Waals surface area contributed by atoms with Crippen molar-refractivity contribution < 1.29 is 28.5 Å². The molecule has 2 saturated heterocycles. The zero-order chi connectivity index (χ0) is 12.9. The maximum atomic E-state index is 4.40. The van der Waals surface area contributed by atoms with Gasteiger partial charge in [0.1, 0.15) is 0 Å². The molecule has 2 fully saturated rings. The number of anilines is 1. The van der Waals surface area contributed by atoms with Gasteiger partial charge in [-0.3, -0.25) is 4.98 Å². The summed E-state index contributed by atoms with van der Waals surface area (Å²) in [5.41, 5.74) is 2.47. The molecule has 0 saturated carbocycles. The summed E-state index contributed by atoms with van der Waals surface area (Å²) in [6, 6.07) is 11.6. The average molecular weight is 381 g/mol. The number of pyridine rings is 1. The molecule has 2 bridgehead atoms. The average Bonchev–Trinajstić information content (AvgIpc) is 2.74. The lowest BCUT2D eigenvalue weighted by Crippen LogP contribution is -3.00. The molecule has 0 aliphatic carbocycles. The lowest BCUT2D eigenvalue weighted by Gasteiger charge is -2.40. The van der Waals surface area contributed by atoms with Crippen molar-refractivity contribution in [2.24, 2.45) is 0 Å². The molecule has 0 amide bonds. The van der Waals surface area contributed by atoms with E-state index in [0.29, 0.717) is 0 Å². The number of nitrogens with zero attached hydrogens (tertiary/aromatic N) is 3. The second kappa shape index (κ2) is 5.15. The topological polar surface area (TPSA) is 16.1 Å². The van der Waals surface area contributed by atoms with Gasteiger partial charge >= 0.3 is 0 Å². The molecule has 4 heteroatoms. The number of rotatable bonds is 1. The Morgan fingerprint density at radius 2 is 2.15 bits per heavy atom. The van der Waals surface area contributed by atoms with Crippen LogP contribution in [0.25, 0.3) is 10.9 Å². The van der Waals surface area contributed by atoms with Crippen molar-refractivity contribution in [1.29, 1.82) is 0 Å². The van der Waals surface area contributed by atoms with Gasteiger partial charge in [-0.25, -0.2) is 0 Å².